The minimum absolute atomic E-state index is 0.0513. The lowest BCUT2D eigenvalue weighted by atomic mass is 10.1. The van der Waals surface area contributed by atoms with E-state index in [1.165, 1.54) is 6.07 Å². The van der Waals surface area contributed by atoms with Crippen molar-refractivity contribution < 1.29 is 13.2 Å². The van der Waals surface area contributed by atoms with Crippen molar-refractivity contribution in [2.75, 3.05) is 11.6 Å². The van der Waals surface area contributed by atoms with Gasteiger partial charge in [-0.25, -0.2) is 0 Å². The summed E-state index contributed by atoms with van der Waals surface area (Å²) >= 11 is 5.30. The molecule has 5 heteroatoms. The maximum absolute atomic E-state index is 12.3. The number of alkyl halides is 4. The van der Waals surface area contributed by atoms with Gasteiger partial charge in [0, 0.05) is 11.3 Å². The fourth-order valence-corrected chi connectivity index (χ4v) is 1.04. The van der Waals surface area contributed by atoms with Crippen LogP contribution in [-0.4, -0.2) is 5.88 Å². The minimum atomic E-state index is -4.38. The molecule has 0 radical (unpaired) electrons. The van der Waals surface area contributed by atoms with Gasteiger partial charge in [0.2, 0.25) is 0 Å². The molecule has 1 aromatic rings. The Balaban J connectivity index is 3.17. The molecule has 0 amide bonds. The van der Waals surface area contributed by atoms with Crippen molar-refractivity contribution in [1.29, 1.82) is 0 Å². The first kappa shape index (κ1) is 11.7. The monoisotopic (exact) mass is 233 g/mol. The molecule has 2 N–H and O–H groups in total. The Labute approximate surface area is 90.0 Å². The van der Waals surface area contributed by atoms with E-state index in [0.717, 1.165) is 12.1 Å². The molecule has 0 aromatic heterocycles. The quantitative estimate of drug-likeness (QED) is 0.416. The van der Waals surface area contributed by atoms with Gasteiger partial charge in [-0.3, -0.25) is 0 Å². The number of anilines is 1. The molecule has 15 heavy (non-hydrogen) atoms. The zero-order valence-corrected chi connectivity index (χ0v) is 8.28. The Morgan fingerprint density at radius 3 is 2.53 bits per heavy atom. The number of nitrogen functional groups attached to an aromatic ring is 1. The fourth-order valence-electron chi connectivity index (χ4n) is 0.969. The molecule has 80 valence electrons. The molecule has 0 unspecified atom stereocenters. The maximum atomic E-state index is 12.3. The van der Waals surface area contributed by atoms with E-state index in [1.54, 1.807) is 0 Å². The van der Waals surface area contributed by atoms with Gasteiger partial charge in [-0.1, -0.05) is 11.8 Å². The van der Waals surface area contributed by atoms with Crippen molar-refractivity contribution in [1.82, 2.24) is 0 Å². The highest BCUT2D eigenvalue weighted by atomic mass is 35.5. The Hall–Kier alpha value is -1.34. The molecule has 1 rings (SSSR count). The summed E-state index contributed by atoms with van der Waals surface area (Å²) in [5.74, 6) is 4.97. The molecule has 0 bridgehead atoms. The maximum Gasteiger partial charge on any atom is 0.416 e. The molecular formula is C10H7ClF3N. The van der Waals surface area contributed by atoms with E-state index in [4.69, 9.17) is 17.3 Å². The van der Waals surface area contributed by atoms with E-state index in [-0.39, 0.29) is 17.1 Å². The Morgan fingerprint density at radius 1 is 1.33 bits per heavy atom. The second kappa shape index (κ2) is 4.45. The third kappa shape index (κ3) is 3.07. The topological polar surface area (TPSA) is 26.0 Å². The van der Waals surface area contributed by atoms with Crippen molar-refractivity contribution in [3.8, 4) is 11.8 Å². The van der Waals surface area contributed by atoms with E-state index < -0.39 is 11.7 Å². The lowest BCUT2D eigenvalue weighted by molar-refractivity contribution is -0.137. The van der Waals surface area contributed by atoms with Gasteiger partial charge in [-0.2, -0.15) is 13.2 Å². The molecule has 0 heterocycles. The highest BCUT2D eigenvalue weighted by molar-refractivity contribution is 6.19. The van der Waals surface area contributed by atoms with E-state index in [0.29, 0.717) is 0 Å². The SMILES string of the molecule is Nc1ccc(C(F)(F)F)cc1C#CCCl. The van der Waals surface area contributed by atoms with E-state index in [2.05, 4.69) is 11.8 Å². The molecule has 0 saturated heterocycles. The van der Waals surface area contributed by atoms with Crippen LogP contribution in [0.5, 0.6) is 0 Å². The van der Waals surface area contributed by atoms with Crippen LogP contribution in [-0.2, 0) is 6.18 Å². The van der Waals surface area contributed by atoms with Crippen molar-refractivity contribution in [2.24, 2.45) is 0 Å². The van der Waals surface area contributed by atoms with Crippen LogP contribution in [0.1, 0.15) is 11.1 Å². The normalized spacial score (nSPS) is 10.7. The highest BCUT2D eigenvalue weighted by Crippen LogP contribution is 2.30. The van der Waals surface area contributed by atoms with Crippen LogP contribution in [0, 0.1) is 11.8 Å². The van der Waals surface area contributed by atoms with Crippen molar-refractivity contribution in [3.63, 3.8) is 0 Å². The van der Waals surface area contributed by atoms with Crippen LogP contribution in [0.15, 0.2) is 18.2 Å². The van der Waals surface area contributed by atoms with E-state index in [9.17, 15) is 13.2 Å². The highest BCUT2D eigenvalue weighted by Gasteiger charge is 2.30. The number of nitrogens with two attached hydrogens (primary N) is 1. The first-order valence-corrected chi connectivity index (χ1v) is 4.50. The molecule has 0 saturated carbocycles. The first-order chi connectivity index (χ1) is 6.95. The Kier molecular flexibility index (Phi) is 3.48. The first-order valence-electron chi connectivity index (χ1n) is 3.96. The van der Waals surface area contributed by atoms with Crippen molar-refractivity contribution in [3.05, 3.63) is 29.3 Å². The largest absolute Gasteiger partial charge is 0.416 e. The third-order valence-corrected chi connectivity index (χ3v) is 1.80. The lowest BCUT2D eigenvalue weighted by Gasteiger charge is -2.07. The van der Waals surface area contributed by atoms with Crippen molar-refractivity contribution >= 4 is 17.3 Å². The van der Waals surface area contributed by atoms with Crippen LogP contribution in [0.2, 0.25) is 0 Å². The molecule has 0 spiro atoms. The number of rotatable bonds is 0. The molecule has 0 atom stereocenters. The number of halogens is 4. The summed E-state index contributed by atoms with van der Waals surface area (Å²) in [6.07, 6.45) is -4.38. The van der Waals surface area contributed by atoms with Gasteiger partial charge in [0.15, 0.2) is 0 Å². The predicted octanol–water partition coefficient (Wildman–Crippen LogP) is 2.88. The summed E-state index contributed by atoms with van der Waals surface area (Å²) < 4.78 is 36.9. The molecule has 0 aliphatic rings. The van der Waals surface area contributed by atoms with Crippen LogP contribution < -0.4 is 5.73 Å². The molecule has 1 nitrogen and oxygen atoms in total. The standard InChI is InChI=1S/C10H7ClF3N/c11-5-1-2-7-6-8(10(12,13)14)3-4-9(7)15/h3-4,6H,5,15H2. The molecule has 0 aliphatic heterocycles. The number of hydrogen-bond donors (Lipinski definition) is 1. The average Bonchev–Trinajstić information content (AvgIpc) is 2.15. The summed E-state index contributed by atoms with van der Waals surface area (Å²) in [7, 11) is 0. The second-order valence-electron chi connectivity index (χ2n) is 2.74. The zero-order valence-electron chi connectivity index (χ0n) is 7.53. The van der Waals surface area contributed by atoms with Gasteiger partial charge in [-0.05, 0) is 18.2 Å². The molecule has 0 aliphatic carbocycles. The van der Waals surface area contributed by atoms with Gasteiger partial charge in [-0.15, -0.1) is 11.6 Å². The van der Waals surface area contributed by atoms with E-state index >= 15 is 0 Å². The Bertz CT molecular complexity index is 415. The van der Waals surface area contributed by atoms with Crippen LogP contribution in [0.25, 0.3) is 0 Å². The van der Waals surface area contributed by atoms with Gasteiger partial charge in [0.25, 0.3) is 0 Å². The zero-order chi connectivity index (χ0) is 11.5. The minimum Gasteiger partial charge on any atom is -0.398 e. The van der Waals surface area contributed by atoms with Crippen molar-refractivity contribution in [2.45, 2.75) is 6.18 Å². The number of hydrogen-bond acceptors (Lipinski definition) is 1. The third-order valence-electron chi connectivity index (χ3n) is 1.67. The van der Waals surface area contributed by atoms with Crippen LogP contribution in [0.3, 0.4) is 0 Å². The van der Waals surface area contributed by atoms with Gasteiger partial charge in [0.1, 0.15) is 0 Å². The smallest absolute Gasteiger partial charge is 0.398 e. The molecule has 0 fully saturated rings. The van der Waals surface area contributed by atoms with Gasteiger partial charge in [0.05, 0.1) is 11.4 Å². The number of benzene rings is 1. The lowest BCUT2D eigenvalue weighted by Crippen LogP contribution is -2.05. The fraction of sp³-hybridized carbons (Fsp3) is 0.200. The second-order valence-corrected chi connectivity index (χ2v) is 3.00. The summed E-state index contributed by atoms with van der Waals surface area (Å²) in [4.78, 5) is 0. The van der Waals surface area contributed by atoms with Crippen LogP contribution >= 0.6 is 11.6 Å². The summed E-state index contributed by atoms with van der Waals surface area (Å²) in [6, 6.07) is 3.01. The average molecular weight is 234 g/mol. The van der Waals surface area contributed by atoms with Gasteiger partial charge < -0.3 is 5.73 Å². The summed E-state index contributed by atoms with van der Waals surface area (Å²) in [5, 5.41) is 0. The predicted molar refractivity (Wildman–Crippen MR) is 53.5 cm³/mol. The summed E-state index contributed by atoms with van der Waals surface area (Å²) in [6.45, 7) is 0. The van der Waals surface area contributed by atoms with Gasteiger partial charge >= 0.3 is 6.18 Å². The Morgan fingerprint density at radius 2 is 2.00 bits per heavy atom. The summed E-state index contributed by atoms with van der Waals surface area (Å²) in [5.41, 5.74) is 5.05. The molecule has 1 aromatic carbocycles. The molecular weight excluding hydrogens is 227 g/mol. The van der Waals surface area contributed by atoms with E-state index in [1.807, 2.05) is 0 Å². The van der Waals surface area contributed by atoms with Crippen LogP contribution in [0.4, 0.5) is 18.9 Å².